The highest BCUT2D eigenvalue weighted by atomic mass is 16.6. The molecule has 5 aliphatic rings. The number of benzene rings is 2. The monoisotopic (exact) mass is 457 g/mol. The summed E-state index contributed by atoms with van der Waals surface area (Å²) in [5, 5.41) is 2.89. The Labute approximate surface area is 193 Å². The summed E-state index contributed by atoms with van der Waals surface area (Å²) in [5.74, 6) is -8.39. The maximum absolute atomic E-state index is 13.3. The van der Waals surface area contributed by atoms with Crippen molar-refractivity contribution in [3.8, 4) is 0 Å². The average Bonchev–Trinajstić information content (AvgIpc) is 3.33. The summed E-state index contributed by atoms with van der Waals surface area (Å²) in [6.07, 6.45) is 1.75. The topological polar surface area (TPSA) is 116 Å². The number of cyclic esters (lactones) is 4. The Morgan fingerprint density at radius 2 is 1.21 bits per heavy atom. The van der Waals surface area contributed by atoms with Gasteiger partial charge in [-0.15, -0.1) is 0 Å². The lowest BCUT2D eigenvalue weighted by molar-refractivity contribution is -0.154. The van der Waals surface area contributed by atoms with Crippen LogP contribution < -0.4 is 5.32 Å². The van der Waals surface area contributed by atoms with Crippen molar-refractivity contribution in [2.45, 2.75) is 17.9 Å². The van der Waals surface area contributed by atoms with Crippen LogP contribution >= 0.6 is 0 Å². The average molecular weight is 457 g/mol. The Balaban J connectivity index is 1.64. The molecule has 170 valence electrons. The van der Waals surface area contributed by atoms with Crippen molar-refractivity contribution in [1.82, 2.24) is 5.32 Å². The number of carbonyl (C=O) groups is 5. The third kappa shape index (κ3) is 2.30. The van der Waals surface area contributed by atoms with Crippen LogP contribution in [0.15, 0.2) is 72.3 Å². The predicted molar refractivity (Wildman–Crippen MR) is 115 cm³/mol. The fourth-order valence-electron chi connectivity index (χ4n) is 6.64. The lowest BCUT2D eigenvalue weighted by atomic mass is 9.40. The van der Waals surface area contributed by atoms with Crippen LogP contribution in [-0.2, 0) is 34.1 Å². The summed E-state index contributed by atoms with van der Waals surface area (Å²) < 4.78 is 10.2. The number of ether oxygens (including phenoxy) is 2. The normalized spacial score (nSPS) is 35.3. The summed E-state index contributed by atoms with van der Waals surface area (Å²) in [4.78, 5) is 66.0. The van der Waals surface area contributed by atoms with Crippen molar-refractivity contribution >= 4 is 29.8 Å². The van der Waals surface area contributed by atoms with E-state index in [0.717, 1.165) is 0 Å². The van der Waals surface area contributed by atoms with E-state index in [9.17, 15) is 24.0 Å². The van der Waals surface area contributed by atoms with E-state index in [1.807, 2.05) is 0 Å². The molecule has 1 saturated carbocycles. The van der Waals surface area contributed by atoms with Crippen molar-refractivity contribution in [2.24, 2.45) is 23.7 Å². The molecule has 6 atom stereocenters. The Morgan fingerprint density at radius 3 is 1.74 bits per heavy atom. The molecule has 1 amide bonds. The molecule has 34 heavy (non-hydrogen) atoms. The van der Waals surface area contributed by atoms with Gasteiger partial charge in [-0.25, -0.2) is 0 Å². The summed E-state index contributed by atoms with van der Waals surface area (Å²) in [5.41, 5.74) is -1.57. The van der Waals surface area contributed by atoms with E-state index < -0.39 is 64.4 Å². The van der Waals surface area contributed by atoms with Gasteiger partial charge in [-0.05, 0) is 30.2 Å². The van der Waals surface area contributed by atoms with Crippen molar-refractivity contribution < 1.29 is 33.4 Å². The van der Waals surface area contributed by atoms with Crippen LogP contribution in [0.4, 0.5) is 0 Å². The molecular formula is C26H19NO7. The summed E-state index contributed by atoms with van der Waals surface area (Å²) >= 11 is 0. The molecule has 0 radical (unpaired) electrons. The number of esters is 4. The molecule has 0 aromatic heterocycles. The smallest absolute Gasteiger partial charge is 0.320 e. The van der Waals surface area contributed by atoms with Crippen LogP contribution in [-0.4, -0.2) is 35.3 Å². The quantitative estimate of drug-likeness (QED) is 0.424. The van der Waals surface area contributed by atoms with Gasteiger partial charge in [-0.1, -0.05) is 54.6 Å². The molecule has 3 aliphatic carbocycles. The van der Waals surface area contributed by atoms with Gasteiger partial charge in [0.15, 0.2) is 0 Å². The van der Waals surface area contributed by atoms with Gasteiger partial charge in [0.2, 0.25) is 0 Å². The van der Waals surface area contributed by atoms with E-state index >= 15 is 0 Å². The van der Waals surface area contributed by atoms with E-state index in [0.29, 0.717) is 16.7 Å². The molecule has 0 spiro atoms. The highest BCUT2D eigenvalue weighted by Gasteiger charge is 2.81. The number of nitrogens with one attached hydrogen (secondary N) is 1. The fraction of sp³-hybridized carbons (Fsp3) is 0.269. The SMILES string of the molecule is CC1=CC2(c3ccccc3)[C@@H]3C(=O)OC(=O)[C@@H]3C1(NC(=O)c1ccccc1)[C@@H]1C(=O)OC(=O)[C@@H]12. The van der Waals surface area contributed by atoms with Crippen LogP contribution in [0.25, 0.3) is 0 Å². The first-order chi connectivity index (χ1) is 16.3. The number of amides is 1. The Bertz CT molecular complexity index is 1270. The summed E-state index contributed by atoms with van der Waals surface area (Å²) in [6.45, 7) is 1.70. The summed E-state index contributed by atoms with van der Waals surface area (Å²) in [7, 11) is 0. The van der Waals surface area contributed by atoms with Crippen molar-refractivity contribution in [3.63, 3.8) is 0 Å². The van der Waals surface area contributed by atoms with Crippen LogP contribution in [0.5, 0.6) is 0 Å². The van der Waals surface area contributed by atoms with Gasteiger partial charge in [-0.2, -0.15) is 0 Å². The van der Waals surface area contributed by atoms with Crippen molar-refractivity contribution in [1.29, 1.82) is 0 Å². The van der Waals surface area contributed by atoms with Gasteiger partial charge in [0, 0.05) is 11.0 Å². The Hall–Kier alpha value is -4.07. The highest BCUT2D eigenvalue weighted by Crippen LogP contribution is 2.67. The number of carbonyl (C=O) groups excluding carboxylic acids is 5. The van der Waals surface area contributed by atoms with Gasteiger partial charge in [0.1, 0.15) is 0 Å². The molecular weight excluding hydrogens is 438 g/mol. The van der Waals surface area contributed by atoms with Crippen molar-refractivity contribution in [3.05, 3.63) is 83.4 Å². The van der Waals surface area contributed by atoms with E-state index in [1.54, 1.807) is 73.7 Å². The molecule has 7 rings (SSSR count). The van der Waals surface area contributed by atoms with Crippen LogP contribution in [0, 0.1) is 23.7 Å². The third-order valence-corrected chi connectivity index (χ3v) is 7.83. The molecule has 2 bridgehead atoms. The molecule has 1 N–H and O–H groups in total. The highest BCUT2D eigenvalue weighted by molar-refractivity contribution is 6.08. The maximum Gasteiger partial charge on any atom is 0.320 e. The lowest BCUT2D eigenvalue weighted by Crippen LogP contribution is -2.75. The third-order valence-electron chi connectivity index (χ3n) is 7.83. The Kier molecular flexibility index (Phi) is 4.06. The molecule has 8 heteroatoms. The van der Waals surface area contributed by atoms with E-state index in [2.05, 4.69) is 5.32 Å². The number of allylic oxidation sites excluding steroid dienone is 1. The van der Waals surface area contributed by atoms with Crippen LogP contribution in [0.2, 0.25) is 0 Å². The van der Waals surface area contributed by atoms with Gasteiger partial charge in [-0.3, -0.25) is 24.0 Å². The minimum atomic E-state index is -1.65. The zero-order chi connectivity index (χ0) is 23.8. The minimum absolute atomic E-state index is 0.304. The molecule has 2 unspecified atom stereocenters. The predicted octanol–water partition coefficient (Wildman–Crippen LogP) is 1.70. The minimum Gasteiger partial charge on any atom is -0.393 e. The van der Waals surface area contributed by atoms with Gasteiger partial charge >= 0.3 is 23.9 Å². The molecule has 8 nitrogen and oxygen atoms in total. The zero-order valence-electron chi connectivity index (χ0n) is 18.0. The van der Waals surface area contributed by atoms with E-state index in [-0.39, 0.29) is 0 Å². The van der Waals surface area contributed by atoms with E-state index in [1.165, 1.54) is 0 Å². The van der Waals surface area contributed by atoms with Crippen LogP contribution in [0.3, 0.4) is 0 Å². The maximum atomic E-state index is 13.3. The Morgan fingerprint density at radius 1 is 0.735 bits per heavy atom. The standard InChI is InChI=1S/C26H19NO7/c1-13-12-25(15-10-6-3-7-11-15)16-18(23(31)33-21(16)29)26(13,19-17(25)22(30)34-24(19)32)27-20(28)14-8-4-2-5-9-14/h2-12,16-19H,1H3,(H,27,28)/t16-,17+,18+,19-,25?,26?. The molecule has 2 aromatic carbocycles. The molecule has 2 saturated heterocycles. The first kappa shape index (κ1) is 20.5. The van der Waals surface area contributed by atoms with Gasteiger partial charge in [0.05, 0.1) is 29.2 Å². The second-order valence-electron chi connectivity index (χ2n) is 9.21. The molecule has 2 aromatic rings. The molecule has 3 fully saturated rings. The van der Waals surface area contributed by atoms with Crippen LogP contribution in [0.1, 0.15) is 22.8 Å². The first-order valence-electron chi connectivity index (χ1n) is 11.0. The van der Waals surface area contributed by atoms with E-state index in [4.69, 9.17) is 9.47 Å². The lowest BCUT2D eigenvalue weighted by Gasteiger charge is -2.60. The van der Waals surface area contributed by atoms with Gasteiger partial charge in [0.25, 0.3) is 5.91 Å². The zero-order valence-corrected chi connectivity index (χ0v) is 18.0. The molecule has 2 aliphatic heterocycles. The number of hydrogen-bond donors (Lipinski definition) is 1. The second-order valence-corrected chi connectivity index (χ2v) is 9.21. The number of hydrogen-bond acceptors (Lipinski definition) is 7. The van der Waals surface area contributed by atoms with Crippen molar-refractivity contribution in [2.75, 3.05) is 0 Å². The van der Waals surface area contributed by atoms with Gasteiger partial charge < -0.3 is 14.8 Å². The molecule has 2 heterocycles. The largest absolute Gasteiger partial charge is 0.393 e. The first-order valence-corrected chi connectivity index (χ1v) is 11.0. The summed E-state index contributed by atoms with van der Waals surface area (Å²) in [6, 6.07) is 17.1. The fourth-order valence-corrected chi connectivity index (χ4v) is 6.64. The second kappa shape index (κ2) is 6.72. The number of rotatable bonds is 3.